The number of methoxy groups -OCH3 is 2. The van der Waals surface area contributed by atoms with Crippen molar-refractivity contribution in [3.8, 4) is 23.0 Å². The van der Waals surface area contributed by atoms with Gasteiger partial charge < -0.3 is 34.1 Å². The number of ether oxygens (including phenoxy) is 3. The fraction of sp³-hybridized carbons (Fsp3) is 0.320. The first-order chi connectivity index (χ1) is 20.1. The molecule has 0 bridgehead atoms. The monoisotopic (exact) mass is 627 g/mol. The molecule has 4 aromatic rings. The second-order valence-electron chi connectivity index (χ2n) is 8.99. The van der Waals surface area contributed by atoms with Crippen molar-refractivity contribution in [2.75, 3.05) is 26.6 Å². The van der Waals surface area contributed by atoms with E-state index in [0.717, 1.165) is 17.2 Å². The minimum Gasteiger partial charge on any atom is -0.497 e. The predicted molar refractivity (Wildman–Crippen MR) is 147 cm³/mol. The first-order valence-electron chi connectivity index (χ1n) is 12.2. The quantitative estimate of drug-likeness (QED) is 0.231. The lowest BCUT2D eigenvalue weighted by atomic mass is 9.98. The number of hydrogen-bond donors (Lipinski definition) is 2. The maximum absolute atomic E-state index is 15.6. The van der Waals surface area contributed by atoms with E-state index in [9.17, 15) is 13.9 Å². The molecule has 0 amide bonds. The summed E-state index contributed by atoms with van der Waals surface area (Å²) in [5, 5.41) is 10.7. The molecule has 1 fully saturated rings. The van der Waals surface area contributed by atoms with Crippen LogP contribution >= 0.6 is 6.72 Å². The summed E-state index contributed by atoms with van der Waals surface area (Å²) >= 11 is 5.56. The second kappa shape index (κ2) is 11.9. The molecule has 0 saturated carbocycles. The standard InChI is InChI=1S/C25H25F3N5O7PS/c1-35-14-3-7-16(8-4-14)39-41(42,40-17-9-5-15(36-2)6-10-17)37-11-25(24(27)28)20(26)19(34)23(38-25)33-13-32-18-21(29)30-12-31-22(18)33/h3-10,12-13,19-20,23-24,34H,11H2,1-2H3,(H2,29,30,31). The van der Waals surface area contributed by atoms with Gasteiger partial charge in [0.1, 0.15) is 40.9 Å². The smallest absolute Gasteiger partial charge is 0.435 e. The van der Waals surface area contributed by atoms with Gasteiger partial charge in [-0.25, -0.2) is 28.1 Å². The molecule has 1 aliphatic rings. The van der Waals surface area contributed by atoms with Crippen LogP contribution in [-0.2, 0) is 21.1 Å². The molecule has 4 unspecified atom stereocenters. The topological polar surface area (TPSA) is 145 Å². The van der Waals surface area contributed by atoms with Crippen LogP contribution in [0.4, 0.5) is 19.0 Å². The van der Waals surface area contributed by atoms with Crippen LogP contribution in [0.1, 0.15) is 6.23 Å². The molecule has 0 radical (unpaired) electrons. The van der Waals surface area contributed by atoms with Crippen LogP contribution in [0.5, 0.6) is 23.0 Å². The van der Waals surface area contributed by atoms with Crippen molar-refractivity contribution < 1.29 is 46.1 Å². The van der Waals surface area contributed by atoms with E-state index < -0.39 is 43.9 Å². The SMILES string of the molecule is COc1ccc(OP(=S)(OCC2(C(F)F)OC(n3cnc4c(N)ncnc43)C(O)C2F)Oc2ccc(OC)cc2)cc1. The Kier molecular flexibility index (Phi) is 8.44. The molecule has 3 N–H and O–H groups in total. The lowest BCUT2D eigenvalue weighted by molar-refractivity contribution is -0.182. The van der Waals surface area contributed by atoms with E-state index in [2.05, 4.69) is 15.0 Å². The molecule has 4 atom stereocenters. The van der Waals surface area contributed by atoms with Crippen molar-refractivity contribution >= 4 is 35.5 Å². The van der Waals surface area contributed by atoms with Gasteiger partial charge in [-0.2, -0.15) is 0 Å². The highest BCUT2D eigenvalue weighted by Gasteiger charge is 2.62. The Hall–Kier alpha value is -3.69. The van der Waals surface area contributed by atoms with Gasteiger partial charge in [0.05, 0.1) is 27.2 Å². The van der Waals surface area contributed by atoms with Crippen LogP contribution in [0.2, 0.25) is 0 Å². The minimum absolute atomic E-state index is 0.00135. The van der Waals surface area contributed by atoms with E-state index in [0.29, 0.717) is 11.5 Å². The third kappa shape index (κ3) is 5.68. The number of nitrogen functional groups attached to an aromatic ring is 1. The summed E-state index contributed by atoms with van der Waals surface area (Å²) in [7, 11) is 2.95. The van der Waals surface area contributed by atoms with Crippen LogP contribution in [-0.4, -0.2) is 69.8 Å². The Morgan fingerprint density at radius 1 is 1.00 bits per heavy atom. The van der Waals surface area contributed by atoms with Gasteiger partial charge in [-0.15, -0.1) is 0 Å². The molecule has 12 nitrogen and oxygen atoms in total. The summed E-state index contributed by atoms with van der Waals surface area (Å²) < 4.78 is 79.2. The van der Waals surface area contributed by atoms with E-state index in [1.165, 1.54) is 38.5 Å². The average molecular weight is 628 g/mol. The number of anilines is 1. The number of benzene rings is 2. The molecule has 0 spiro atoms. The number of nitrogens with two attached hydrogens (primary N) is 1. The maximum atomic E-state index is 15.6. The Bertz CT molecular complexity index is 1530. The van der Waals surface area contributed by atoms with Crippen LogP contribution in [0.15, 0.2) is 61.2 Å². The van der Waals surface area contributed by atoms with Crippen molar-refractivity contribution in [1.29, 1.82) is 0 Å². The average Bonchev–Trinajstić information content (AvgIpc) is 3.53. The van der Waals surface area contributed by atoms with Gasteiger partial charge in [0.15, 0.2) is 29.5 Å². The van der Waals surface area contributed by atoms with Crippen LogP contribution in [0, 0.1) is 0 Å². The summed E-state index contributed by atoms with van der Waals surface area (Å²) in [6, 6.07) is 12.3. The summed E-state index contributed by atoms with van der Waals surface area (Å²) in [6.45, 7) is -5.13. The number of rotatable bonds is 11. The van der Waals surface area contributed by atoms with Gasteiger partial charge in [0.25, 0.3) is 6.43 Å². The molecule has 42 heavy (non-hydrogen) atoms. The van der Waals surface area contributed by atoms with E-state index >= 15 is 4.39 Å². The van der Waals surface area contributed by atoms with Gasteiger partial charge in [0.2, 0.25) is 0 Å². The van der Waals surface area contributed by atoms with Crippen LogP contribution < -0.4 is 24.3 Å². The van der Waals surface area contributed by atoms with Crippen LogP contribution in [0.25, 0.3) is 11.2 Å². The minimum atomic E-state index is -3.98. The number of alkyl halides is 3. The summed E-state index contributed by atoms with van der Waals surface area (Å²) in [4.78, 5) is 11.8. The number of halogens is 3. The van der Waals surface area contributed by atoms with Crippen molar-refractivity contribution in [1.82, 2.24) is 19.5 Å². The largest absolute Gasteiger partial charge is 0.497 e. The zero-order chi connectivity index (χ0) is 30.1. The summed E-state index contributed by atoms with van der Waals surface area (Å²) in [5.41, 5.74) is 2.97. The van der Waals surface area contributed by atoms with E-state index in [4.69, 9.17) is 45.3 Å². The molecular weight excluding hydrogens is 602 g/mol. The molecule has 1 aliphatic heterocycles. The number of nitrogens with zero attached hydrogens (tertiary/aromatic N) is 4. The molecule has 5 rings (SSSR count). The molecule has 17 heteroatoms. The molecule has 224 valence electrons. The Labute approximate surface area is 242 Å². The zero-order valence-electron chi connectivity index (χ0n) is 22.0. The highest BCUT2D eigenvalue weighted by atomic mass is 32.5. The van der Waals surface area contributed by atoms with E-state index in [1.54, 1.807) is 24.3 Å². The van der Waals surface area contributed by atoms with E-state index in [1.807, 2.05) is 0 Å². The summed E-state index contributed by atoms with van der Waals surface area (Å²) in [6.07, 6.45) is -7.62. The second-order valence-corrected chi connectivity index (χ2v) is 11.9. The predicted octanol–water partition coefficient (Wildman–Crippen LogP) is 4.06. The molecular formula is C25H25F3N5O7PS. The Balaban J connectivity index is 1.44. The van der Waals surface area contributed by atoms with Gasteiger partial charge in [-0.1, -0.05) is 0 Å². The number of hydrogen-bond acceptors (Lipinski definition) is 12. The number of aliphatic hydroxyl groups is 1. The molecule has 0 aliphatic carbocycles. The fourth-order valence-electron chi connectivity index (χ4n) is 4.20. The van der Waals surface area contributed by atoms with Gasteiger partial charge >= 0.3 is 6.72 Å². The first-order valence-corrected chi connectivity index (χ1v) is 14.8. The normalized spacial score (nSPS) is 22.4. The number of aliphatic hydroxyl groups excluding tert-OH is 1. The third-order valence-corrected chi connectivity index (χ3v) is 8.51. The molecule has 2 aromatic carbocycles. The van der Waals surface area contributed by atoms with Crippen molar-refractivity contribution in [2.45, 2.75) is 30.5 Å². The van der Waals surface area contributed by atoms with Crippen molar-refractivity contribution in [3.05, 3.63) is 61.2 Å². The highest BCUT2D eigenvalue weighted by molar-refractivity contribution is 8.07. The fourth-order valence-corrected chi connectivity index (χ4v) is 6.14. The Morgan fingerprint density at radius 3 is 2.07 bits per heavy atom. The highest BCUT2D eigenvalue weighted by Crippen LogP contribution is 2.53. The number of fused-ring (bicyclic) bond motifs is 1. The molecule has 3 heterocycles. The van der Waals surface area contributed by atoms with Crippen molar-refractivity contribution in [3.63, 3.8) is 0 Å². The number of aromatic nitrogens is 4. The Morgan fingerprint density at radius 2 is 1.55 bits per heavy atom. The summed E-state index contributed by atoms with van der Waals surface area (Å²) in [5.74, 6) is 1.37. The van der Waals surface area contributed by atoms with Crippen molar-refractivity contribution in [2.24, 2.45) is 0 Å². The van der Waals surface area contributed by atoms with Gasteiger partial charge in [-0.3, -0.25) is 9.09 Å². The number of imidazole rings is 1. The zero-order valence-corrected chi connectivity index (χ0v) is 23.8. The molecule has 1 saturated heterocycles. The lowest BCUT2D eigenvalue weighted by Crippen LogP contribution is -2.50. The molecule has 2 aromatic heterocycles. The van der Waals surface area contributed by atoms with Crippen LogP contribution in [0.3, 0.4) is 0 Å². The maximum Gasteiger partial charge on any atom is 0.435 e. The first kappa shape index (κ1) is 29.8. The van der Waals surface area contributed by atoms with Gasteiger partial charge in [-0.05, 0) is 48.5 Å². The van der Waals surface area contributed by atoms with E-state index in [-0.39, 0.29) is 28.5 Å². The lowest BCUT2D eigenvalue weighted by Gasteiger charge is -2.32. The van der Waals surface area contributed by atoms with Gasteiger partial charge in [0, 0.05) is 11.8 Å². The third-order valence-electron chi connectivity index (χ3n) is 6.43.